The zero-order valence-electron chi connectivity index (χ0n) is 25.5. The fourth-order valence-electron chi connectivity index (χ4n) is 7.63. The monoisotopic (exact) mass is 603 g/mol. The van der Waals surface area contributed by atoms with Gasteiger partial charge in [0, 0.05) is 38.8 Å². The Bertz CT molecular complexity index is 2460. The number of ether oxygens (including phenoxy) is 1. The topological polar surface area (TPSA) is 25.6 Å². The predicted molar refractivity (Wildman–Crippen MR) is 191 cm³/mol. The number of para-hydroxylation sites is 3. The molecule has 0 N–H and O–H groups in total. The first kappa shape index (κ1) is 26.2. The van der Waals surface area contributed by atoms with E-state index >= 15 is 0 Å². The van der Waals surface area contributed by atoms with Crippen molar-refractivity contribution >= 4 is 33.3 Å². The summed E-state index contributed by atoms with van der Waals surface area (Å²) >= 11 is 0. The third kappa shape index (κ3) is 4.06. The highest BCUT2D eigenvalue weighted by Crippen LogP contribution is 2.59. The molecule has 0 saturated carbocycles. The molecule has 3 heterocycles. The van der Waals surface area contributed by atoms with E-state index < -0.39 is 0 Å². The van der Waals surface area contributed by atoms with Gasteiger partial charge < -0.3 is 14.1 Å². The van der Waals surface area contributed by atoms with Gasteiger partial charge in [0.2, 0.25) is 0 Å². The largest absolute Gasteiger partial charge is 0.483 e. The van der Waals surface area contributed by atoms with E-state index in [1.165, 1.54) is 39.2 Å². The fraction of sp³-hybridized carbons (Fsp3) is 0.0455. The molecule has 0 amide bonds. The van der Waals surface area contributed by atoms with E-state index in [0.29, 0.717) is 0 Å². The van der Waals surface area contributed by atoms with E-state index in [1.54, 1.807) is 0 Å². The van der Waals surface area contributed by atoms with Crippen LogP contribution in [0, 0.1) is 0 Å². The predicted octanol–water partition coefficient (Wildman–Crippen LogP) is 11.9. The highest BCUT2D eigenvalue weighted by molar-refractivity contribution is 6.10. The lowest BCUT2D eigenvalue weighted by molar-refractivity contribution is 0.223. The third-order valence-corrected chi connectivity index (χ3v) is 9.80. The quantitative estimate of drug-likeness (QED) is 0.200. The van der Waals surface area contributed by atoms with E-state index in [0.717, 1.165) is 44.4 Å². The average molecular weight is 604 g/mol. The molecule has 1 aromatic heterocycles. The van der Waals surface area contributed by atoms with E-state index in [2.05, 4.69) is 169 Å². The number of hydrogen-bond acceptors (Lipinski definition) is 3. The van der Waals surface area contributed by atoms with Crippen LogP contribution in [0.25, 0.3) is 55.3 Å². The number of benzene rings is 7. The zero-order valence-corrected chi connectivity index (χ0v) is 25.5. The first-order chi connectivity index (χ1) is 23.3. The van der Waals surface area contributed by atoms with Gasteiger partial charge in [0.1, 0.15) is 23.0 Å². The van der Waals surface area contributed by atoms with Crippen LogP contribution < -0.4 is 9.64 Å². The highest BCUT2D eigenvalue weighted by atomic mass is 16.5. The molecule has 10 rings (SSSR count). The van der Waals surface area contributed by atoms with Crippen LogP contribution in [0.4, 0.5) is 11.4 Å². The number of furan rings is 1. The number of fused-ring (bicyclic) bond motifs is 8. The van der Waals surface area contributed by atoms with Gasteiger partial charge in [-0.1, -0.05) is 115 Å². The van der Waals surface area contributed by atoms with Crippen LogP contribution in [0.5, 0.6) is 5.75 Å². The van der Waals surface area contributed by atoms with Crippen LogP contribution in [0.1, 0.15) is 23.3 Å². The van der Waals surface area contributed by atoms with E-state index in [4.69, 9.17) is 9.15 Å². The molecule has 0 radical (unpaired) electrons. The molecule has 8 aromatic rings. The molecule has 2 unspecified atom stereocenters. The molecule has 0 aliphatic carbocycles. The minimum Gasteiger partial charge on any atom is -0.483 e. The van der Waals surface area contributed by atoms with Crippen molar-refractivity contribution in [1.29, 1.82) is 0 Å². The summed E-state index contributed by atoms with van der Waals surface area (Å²) in [6.07, 6.45) is -0.0453. The van der Waals surface area contributed by atoms with Gasteiger partial charge in [0.05, 0.1) is 0 Å². The molecule has 2 aliphatic rings. The molecule has 0 fully saturated rings. The molecule has 3 heteroatoms. The van der Waals surface area contributed by atoms with Gasteiger partial charge in [-0.2, -0.15) is 0 Å². The number of rotatable bonds is 4. The molecule has 0 spiro atoms. The summed E-state index contributed by atoms with van der Waals surface area (Å²) in [5.41, 5.74) is 13.6. The van der Waals surface area contributed by atoms with E-state index in [1.807, 2.05) is 0 Å². The van der Waals surface area contributed by atoms with Crippen LogP contribution in [0.15, 0.2) is 168 Å². The lowest BCUT2D eigenvalue weighted by atomic mass is 9.94. The van der Waals surface area contributed by atoms with Crippen molar-refractivity contribution in [1.82, 2.24) is 0 Å². The molecule has 2 aliphatic heterocycles. The minimum absolute atomic E-state index is 0.0453. The van der Waals surface area contributed by atoms with Crippen molar-refractivity contribution in [2.24, 2.45) is 0 Å². The third-order valence-electron chi connectivity index (χ3n) is 9.80. The molecule has 47 heavy (non-hydrogen) atoms. The van der Waals surface area contributed by atoms with Gasteiger partial charge in [0.25, 0.3) is 0 Å². The lowest BCUT2D eigenvalue weighted by Gasteiger charge is -2.26. The zero-order chi connectivity index (χ0) is 30.9. The summed E-state index contributed by atoms with van der Waals surface area (Å²) < 4.78 is 13.2. The summed E-state index contributed by atoms with van der Waals surface area (Å²) in [6.45, 7) is 0. The molecular weight excluding hydrogens is 574 g/mol. The molecule has 0 saturated heterocycles. The highest BCUT2D eigenvalue weighted by Gasteiger charge is 2.47. The van der Waals surface area contributed by atoms with Crippen LogP contribution in [-0.4, -0.2) is 0 Å². The summed E-state index contributed by atoms with van der Waals surface area (Å²) in [5.74, 6) is 0.956. The van der Waals surface area contributed by atoms with Gasteiger partial charge in [-0.15, -0.1) is 0 Å². The average Bonchev–Trinajstić information content (AvgIpc) is 3.81. The fourth-order valence-corrected chi connectivity index (χ4v) is 7.63. The molecule has 0 bridgehead atoms. The SMILES string of the molecule is c1ccc(-c2ccc3oc4c(-c5cccc(-c6ccc7c(c6)C6C(O7)c7ccccc7N6c6ccccc6)c5)cccc4c3c2)cc1. The van der Waals surface area contributed by atoms with Crippen molar-refractivity contribution < 1.29 is 9.15 Å². The summed E-state index contributed by atoms with van der Waals surface area (Å²) in [6, 6.07) is 58.3. The van der Waals surface area contributed by atoms with E-state index in [9.17, 15) is 0 Å². The number of anilines is 2. The van der Waals surface area contributed by atoms with Crippen molar-refractivity contribution in [2.75, 3.05) is 4.90 Å². The smallest absolute Gasteiger partial charge is 0.151 e. The lowest BCUT2D eigenvalue weighted by Crippen LogP contribution is -2.20. The second kappa shape index (κ2) is 10.2. The van der Waals surface area contributed by atoms with Crippen molar-refractivity contribution in [2.45, 2.75) is 12.1 Å². The maximum atomic E-state index is 6.65. The maximum absolute atomic E-state index is 6.65. The Morgan fingerprint density at radius 1 is 0.468 bits per heavy atom. The molecule has 2 atom stereocenters. The van der Waals surface area contributed by atoms with Gasteiger partial charge in [-0.25, -0.2) is 0 Å². The Morgan fingerprint density at radius 2 is 1.17 bits per heavy atom. The molecule has 7 aromatic carbocycles. The first-order valence-electron chi connectivity index (χ1n) is 16.2. The van der Waals surface area contributed by atoms with Gasteiger partial charge in [-0.3, -0.25) is 0 Å². The minimum atomic E-state index is -0.0453. The first-order valence-corrected chi connectivity index (χ1v) is 16.2. The van der Waals surface area contributed by atoms with Crippen LogP contribution >= 0.6 is 0 Å². The van der Waals surface area contributed by atoms with Crippen LogP contribution in [-0.2, 0) is 0 Å². The molecule has 3 nitrogen and oxygen atoms in total. The molecule has 222 valence electrons. The second-order valence-electron chi connectivity index (χ2n) is 12.4. The Hall–Kier alpha value is -6.06. The Labute approximate surface area is 272 Å². The van der Waals surface area contributed by atoms with Crippen molar-refractivity contribution in [3.05, 3.63) is 175 Å². The van der Waals surface area contributed by atoms with Gasteiger partial charge in [0.15, 0.2) is 6.10 Å². The Morgan fingerprint density at radius 3 is 2.06 bits per heavy atom. The number of nitrogens with zero attached hydrogens (tertiary/aromatic N) is 1. The normalized spacial score (nSPS) is 16.2. The van der Waals surface area contributed by atoms with Crippen LogP contribution in [0.2, 0.25) is 0 Å². The van der Waals surface area contributed by atoms with Crippen molar-refractivity contribution in [3.63, 3.8) is 0 Å². The van der Waals surface area contributed by atoms with Gasteiger partial charge >= 0.3 is 0 Å². The Balaban J connectivity index is 1.05. The summed E-state index contributed by atoms with van der Waals surface area (Å²) in [5, 5.41) is 2.26. The Kier molecular flexibility index (Phi) is 5.70. The maximum Gasteiger partial charge on any atom is 0.151 e. The van der Waals surface area contributed by atoms with E-state index in [-0.39, 0.29) is 12.1 Å². The summed E-state index contributed by atoms with van der Waals surface area (Å²) in [4.78, 5) is 2.44. The van der Waals surface area contributed by atoms with Crippen molar-refractivity contribution in [3.8, 4) is 39.1 Å². The van der Waals surface area contributed by atoms with Crippen LogP contribution in [0.3, 0.4) is 0 Å². The summed E-state index contributed by atoms with van der Waals surface area (Å²) in [7, 11) is 0. The molecular formula is C44H29NO2. The number of hydrogen-bond donors (Lipinski definition) is 0. The van der Waals surface area contributed by atoms with Gasteiger partial charge in [-0.05, 0) is 76.3 Å². The standard InChI is InChI=1S/C44H29NO2/c1-3-11-28(12-4-1)30-21-23-40-37(26-30)35-19-10-18-34(43(35)46-40)32-14-9-13-29(25-32)31-22-24-41-38(27-31)42-44(47-41)36-17-7-8-20-39(36)45(42)33-15-5-2-6-16-33/h1-27,42,44H. The second-order valence-corrected chi connectivity index (χ2v) is 12.4.